The number of hydrogen-bond acceptors (Lipinski definition) is 4. The van der Waals surface area contributed by atoms with Crippen LogP contribution in [0.25, 0.3) is 0 Å². The molecule has 1 saturated heterocycles. The van der Waals surface area contributed by atoms with Crippen molar-refractivity contribution < 1.29 is 9.84 Å². The second-order valence-corrected chi connectivity index (χ2v) is 4.81. The fraction of sp³-hybridized carbons (Fsp3) is 1.00. The summed E-state index contributed by atoms with van der Waals surface area (Å²) in [5.41, 5.74) is 0. The molecule has 0 aromatic rings. The molecule has 2 N–H and O–H groups in total. The standard InChI is InChI=1S/C13H28N2O2/c1-3-15(10-13(16)11-17-4-2)9-12-7-5-6-8-14-12/h12-14,16H,3-11H2,1-2H3. The number of aliphatic hydroxyl groups excluding tert-OH is 1. The molecule has 17 heavy (non-hydrogen) atoms. The summed E-state index contributed by atoms with van der Waals surface area (Å²) in [6, 6.07) is 0.600. The summed E-state index contributed by atoms with van der Waals surface area (Å²) in [6.45, 7) is 9.12. The van der Waals surface area contributed by atoms with Crippen LogP contribution in [-0.2, 0) is 4.74 Å². The summed E-state index contributed by atoms with van der Waals surface area (Å²) in [6.07, 6.45) is 3.53. The smallest absolute Gasteiger partial charge is 0.0900 e. The van der Waals surface area contributed by atoms with Crippen LogP contribution >= 0.6 is 0 Å². The van der Waals surface area contributed by atoms with Gasteiger partial charge >= 0.3 is 0 Å². The summed E-state index contributed by atoms with van der Waals surface area (Å²) in [5.74, 6) is 0. The van der Waals surface area contributed by atoms with Gasteiger partial charge in [-0.25, -0.2) is 0 Å². The zero-order chi connectivity index (χ0) is 12.5. The highest BCUT2D eigenvalue weighted by Crippen LogP contribution is 2.08. The predicted molar refractivity (Wildman–Crippen MR) is 70.3 cm³/mol. The zero-order valence-electron chi connectivity index (χ0n) is 11.3. The summed E-state index contributed by atoms with van der Waals surface area (Å²) < 4.78 is 5.24. The minimum atomic E-state index is -0.363. The number of rotatable bonds is 8. The average molecular weight is 244 g/mol. The van der Waals surface area contributed by atoms with Crippen molar-refractivity contribution >= 4 is 0 Å². The number of aliphatic hydroxyl groups is 1. The molecule has 0 aliphatic carbocycles. The van der Waals surface area contributed by atoms with E-state index >= 15 is 0 Å². The van der Waals surface area contributed by atoms with Gasteiger partial charge in [0.15, 0.2) is 0 Å². The lowest BCUT2D eigenvalue weighted by atomic mass is 10.0. The van der Waals surface area contributed by atoms with Crippen LogP contribution in [0.15, 0.2) is 0 Å². The van der Waals surface area contributed by atoms with E-state index in [9.17, 15) is 5.11 Å². The summed E-state index contributed by atoms with van der Waals surface area (Å²) in [4.78, 5) is 2.31. The van der Waals surface area contributed by atoms with Gasteiger partial charge in [0, 0.05) is 25.7 Å². The van der Waals surface area contributed by atoms with E-state index in [1.54, 1.807) is 0 Å². The van der Waals surface area contributed by atoms with Crippen LogP contribution in [0.4, 0.5) is 0 Å². The Kier molecular flexibility index (Phi) is 7.77. The molecule has 0 aromatic heterocycles. The number of hydrogen-bond donors (Lipinski definition) is 2. The van der Waals surface area contributed by atoms with Gasteiger partial charge in [-0.15, -0.1) is 0 Å². The lowest BCUT2D eigenvalue weighted by Gasteiger charge is -2.31. The van der Waals surface area contributed by atoms with Crippen LogP contribution in [0.1, 0.15) is 33.1 Å². The van der Waals surface area contributed by atoms with E-state index in [2.05, 4.69) is 17.1 Å². The third-order valence-corrected chi connectivity index (χ3v) is 3.32. The highest BCUT2D eigenvalue weighted by molar-refractivity contribution is 4.76. The van der Waals surface area contributed by atoms with E-state index in [0.29, 0.717) is 25.8 Å². The number of ether oxygens (including phenoxy) is 1. The van der Waals surface area contributed by atoms with Crippen molar-refractivity contribution in [2.75, 3.05) is 39.4 Å². The minimum absolute atomic E-state index is 0.363. The molecule has 0 aromatic carbocycles. The lowest BCUT2D eigenvalue weighted by Crippen LogP contribution is -2.46. The van der Waals surface area contributed by atoms with Gasteiger partial charge in [-0.1, -0.05) is 13.3 Å². The molecule has 0 spiro atoms. The highest BCUT2D eigenvalue weighted by atomic mass is 16.5. The van der Waals surface area contributed by atoms with E-state index in [-0.39, 0.29) is 6.10 Å². The van der Waals surface area contributed by atoms with Crippen LogP contribution in [-0.4, -0.2) is 61.5 Å². The first-order chi connectivity index (χ1) is 8.26. The van der Waals surface area contributed by atoms with Crippen LogP contribution in [0.2, 0.25) is 0 Å². The molecule has 1 heterocycles. The van der Waals surface area contributed by atoms with E-state index in [4.69, 9.17) is 4.74 Å². The maximum atomic E-state index is 9.82. The van der Waals surface area contributed by atoms with Crippen molar-refractivity contribution in [1.29, 1.82) is 0 Å². The minimum Gasteiger partial charge on any atom is -0.389 e. The van der Waals surface area contributed by atoms with Gasteiger partial charge in [0.25, 0.3) is 0 Å². The van der Waals surface area contributed by atoms with Gasteiger partial charge in [0.1, 0.15) is 0 Å². The first-order valence-corrected chi connectivity index (χ1v) is 6.97. The molecule has 4 nitrogen and oxygen atoms in total. The molecule has 1 fully saturated rings. The molecule has 4 heteroatoms. The summed E-state index contributed by atoms with van der Waals surface area (Å²) in [5, 5.41) is 13.4. The lowest BCUT2D eigenvalue weighted by molar-refractivity contribution is 0.0199. The number of nitrogens with zero attached hydrogens (tertiary/aromatic N) is 1. The van der Waals surface area contributed by atoms with E-state index < -0.39 is 0 Å². The first kappa shape index (κ1) is 14.9. The quantitative estimate of drug-likeness (QED) is 0.664. The Hall–Kier alpha value is -0.160. The van der Waals surface area contributed by atoms with E-state index in [1.807, 2.05) is 6.92 Å². The second kappa shape index (κ2) is 8.86. The molecular formula is C13H28N2O2. The van der Waals surface area contributed by atoms with Gasteiger partial charge in [0.2, 0.25) is 0 Å². The molecule has 0 saturated carbocycles. The monoisotopic (exact) mass is 244 g/mol. The number of piperidine rings is 1. The highest BCUT2D eigenvalue weighted by Gasteiger charge is 2.17. The average Bonchev–Trinajstić information content (AvgIpc) is 2.36. The van der Waals surface area contributed by atoms with Gasteiger partial charge in [-0.2, -0.15) is 0 Å². The van der Waals surface area contributed by atoms with Crippen molar-refractivity contribution in [3.63, 3.8) is 0 Å². The fourth-order valence-electron chi connectivity index (χ4n) is 2.33. The van der Waals surface area contributed by atoms with E-state index in [0.717, 1.165) is 19.6 Å². The van der Waals surface area contributed by atoms with Crippen molar-refractivity contribution in [3.8, 4) is 0 Å². The normalized spacial score (nSPS) is 22.9. The van der Waals surface area contributed by atoms with Crippen molar-refractivity contribution in [2.24, 2.45) is 0 Å². The van der Waals surface area contributed by atoms with Crippen LogP contribution < -0.4 is 5.32 Å². The molecule has 0 radical (unpaired) electrons. The Balaban J connectivity index is 2.21. The molecule has 1 aliphatic heterocycles. The van der Waals surface area contributed by atoms with Crippen LogP contribution in [0.3, 0.4) is 0 Å². The Labute approximate surface area is 105 Å². The van der Waals surface area contributed by atoms with Crippen LogP contribution in [0.5, 0.6) is 0 Å². The Morgan fingerprint density at radius 3 is 2.82 bits per heavy atom. The van der Waals surface area contributed by atoms with E-state index in [1.165, 1.54) is 19.3 Å². The Bertz CT molecular complexity index is 184. The second-order valence-electron chi connectivity index (χ2n) is 4.81. The topological polar surface area (TPSA) is 44.7 Å². The fourth-order valence-corrected chi connectivity index (χ4v) is 2.33. The van der Waals surface area contributed by atoms with Gasteiger partial charge in [0.05, 0.1) is 12.7 Å². The van der Waals surface area contributed by atoms with Gasteiger partial charge in [-0.05, 0) is 32.9 Å². The largest absolute Gasteiger partial charge is 0.389 e. The molecule has 2 unspecified atom stereocenters. The Morgan fingerprint density at radius 2 is 2.24 bits per heavy atom. The number of nitrogens with one attached hydrogen (secondary N) is 1. The molecule has 2 atom stereocenters. The van der Waals surface area contributed by atoms with Crippen molar-refractivity contribution in [1.82, 2.24) is 10.2 Å². The van der Waals surface area contributed by atoms with Crippen molar-refractivity contribution in [3.05, 3.63) is 0 Å². The Morgan fingerprint density at radius 1 is 1.41 bits per heavy atom. The molecule has 1 aliphatic rings. The summed E-state index contributed by atoms with van der Waals surface area (Å²) >= 11 is 0. The molecule has 102 valence electrons. The predicted octanol–water partition coefficient (Wildman–Crippen LogP) is 0.848. The molecular weight excluding hydrogens is 216 g/mol. The molecule has 0 bridgehead atoms. The maximum absolute atomic E-state index is 9.82. The third kappa shape index (κ3) is 6.36. The molecule has 0 amide bonds. The summed E-state index contributed by atoms with van der Waals surface area (Å²) in [7, 11) is 0. The van der Waals surface area contributed by atoms with Crippen LogP contribution in [0, 0.1) is 0 Å². The first-order valence-electron chi connectivity index (χ1n) is 6.97. The van der Waals surface area contributed by atoms with Gasteiger partial charge < -0.3 is 15.2 Å². The zero-order valence-corrected chi connectivity index (χ0v) is 11.3. The van der Waals surface area contributed by atoms with Gasteiger partial charge in [-0.3, -0.25) is 4.90 Å². The maximum Gasteiger partial charge on any atom is 0.0900 e. The molecule has 1 rings (SSSR count). The van der Waals surface area contributed by atoms with Crippen molar-refractivity contribution in [2.45, 2.75) is 45.3 Å². The number of likely N-dealkylation sites (N-methyl/N-ethyl adjacent to an activating group) is 1. The SMILES string of the molecule is CCOCC(O)CN(CC)CC1CCCCN1. The third-order valence-electron chi connectivity index (χ3n) is 3.32.